The van der Waals surface area contributed by atoms with Gasteiger partial charge in [-0.05, 0) is 46.2 Å². The molecular weight excluding hydrogens is 326 g/mol. The molecule has 0 amide bonds. The van der Waals surface area contributed by atoms with E-state index in [9.17, 15) is 4.79 Å². The fraction of sp³-hybridized carbons (Fsp3) is 0.444. The van der Waals surface area contributed by atoms with Crippen LogP contribution in [0.15, 0.2) is 41.3 Å². The minimum absolute atomic E-state index is 0.0405. The molecule has 1 saturated heterocycles. The van der Waals surface area contributed by atoms with Gasteiger partial charge in [0.1, 0.15) is 5.02 Å². The molecule has 1 aliphatic rings. The van der Waals surface area contributed by atoms with Crippen molar-refractivity contribution in [2.75, 3.05) is 5.32 Å². The first-order valence-electron chi connectivity index (χ1n) is 8.00. The van der Waals surface area contributed by atoms with Crippen molar-refractivity contribution in [2.45, 2.75) is 51.4 Å². The van der Waals surface area contributed by atoms with Crippen molar-refractivity contribution in [3.8, 4) is 5.69 Å². The van der Waals surface area contributed by atoms with Gasteiger partial charge in [-0.3, -0.25) is 4.79 Å². The van der Waals surface area contributed by atoms with Crippen LogP contribution in [0.1, 0.15) is 34.1 Å². The third-order valence-corrected chi connectivity index (χ3v) is 4.69. The first kappa shape index (κ1) is 17.0. The smallest absolute Gasteiger partial charge is 0.292 e. The highest BCUT2D eigenvalue weighted by Crippen LogP contribution is 2.39. The molecule has 2 aromatic rings. The molecule has 128 valence electrons. The monoisotopic (exact) mass is 347 g/mol. The lowest BCUT2D eigenvalue weighted by Crippen LogP contribution is -2.38. The Kier molecular flexibility index (Phi) is 4.18. The van der Waals surface area contributed by atoms with Gasteiger partial charge in [-0.25, -0.2) is 0 Å². The second-order valence-corrected chi connectivity index (χ2v) is 7.67. The van der Waals surface area contributed by atoms with E-state index in [1.54, 1.807) is 6.20 Å². The SMILES string of the molecule is CC1(C)CC(Nc2cnn(-c3ccccc3)c(=O)c2Cl)C(C)(C)O1. The first-order valence-corrected chi connectivity index (χ1v) is 8.37. The van der Waals surface area contributed by atoms with Gasteiger partial charge in [-0.1, -0.05) is 29.8 Å². The minimum Gasteiger partial charge on any atom is -0.377 e. The van der Waals surface area contributed by atoms with Crippen molar-refractivity contribution in [3.63, 3.8) is 0 Å². The summed E-state index contributed by atoms with van der Waals surface area (Å²) >= 11 is 6.31. The molecule has 1 aromatic carbocycles. The molecule has 1 N–H and O–H groups in total. The highest BCUT2D eigenvalue weighted by atomic mass is 35.5. The van der Waals surface area contributed by atoms with Gasteiger partial charge in [0.05, 0.1) is 34.8 Å². The van der Waals surface area contributed by atoms with Crippen LogP contribution in [0.2, 0.25) is 5.02 Å². The Morgan fingerprint density at radius 2 is 1.92 bits per heavy atom. The average molecular weight is 348 g/mol. The van der Waals surface area contributed by atoms with Crippen molar-refractivity contribution in [1.82, 2.24) is 9.78 Å². The van der Waals surface area contributed by atoms with Crippen LogP contribution >= 0.6 is 11.6 Å². The van der Waals surface area contributed by atoms with E-state index in [0.29, 0.717) is 11.4 Å². The summed E-state index contributed by atoms with van der Waals surface area (Å²) in [6, 6.07) is 9.26. The van der Waals surface area contributed by atoms with Crippen molar-refractivity contribution < 1.29 is 4.74 Å². The predicted octanol–water partition coefficient (Wildman–Crippen LogP) is 3.64. The second kappa shape index (κ2) is 5.90. The van der Waals surface area contributed by atoms with Gasteiger partial charge in [-0.15, -0.1) is 0 Å². The maximum Gasteiger partial charge on any atom is 0.292 e. The number of hydrogen-bond acceptors (Lipinski definition) is 4. The molecule has 5 nitrogen and oxygen atoms in total. The molecule has 6 heteroatoms. The fourth-order valence-electron chi connectivity index (χ4n) is 3.26. The minimum atomic E-state index is -0.360. The number of nitrogens with one attached hydrogen (secondary N) is 1. The zero-order chi connectivity index (χ0) is 17.5. The van der Waals surface area contributed by atoms with E-state index in [4.69, 9.17) is 16.3 Å². The third-order valence-electron chi connectivity index (χ3n) is 4.32. The molecule has 1 aliphatic heterocycles. The molecule has 0 bridgehead atoms. The van der Waals surface area contributed by atoms with E-state index in [1.807, 2.05) is 44.2 Å². The van der Waals surface area contributed by atoms with Crippen LogP contribution in [0.3, 0.4) is 0 Å². The molecule has 1 aromatic heterocycles. The van der Waals surface area contributed by atoms with E-state index < -0.39 is 0 Å². The maximum atomic E-state index is 12.5. The van der Waals surface area contributed by atoms with Crippen LogP contribution in [-0.2, 0) is 4.74 Å². The lowest BCUT2D eigenvalue weighted by atomic mass is 9.94. The first-order chi connectivity index (χ1) is 11.2. The number of nitrogens with zero attached hydrogens (tertiary/aromatic N) is 2. The number of anilines is 1. The Hall–Kier alpha value is -1.85. The highest BCUT2D eigenvalue weighted by molar-refractivity contribution is 6.33. The Labute approximate surface area is 146 Å². The van der Waals surface area contributed by atoms with Crippen LogP contribution < -0.4 is 10.9 Å². The Bertz CT molecular complexity index is 800. The number of rotatable bonds is 3. The molecule has 1 fully saturated rings. The second-order valence-electron chi connectivity index (χ2n) is 7.29. The van der Waals surface area contributed by atoms with Crippen LogP contribution in [0.5, 0.6) is 0 Å². The molecule has 3 rings (SSSR count). The molecular formula is C18H22ClN3O2. The maximum absolute atomic E-state index is 12.5. The van der Waals surface area contributed by atoms with Crippen LogP contribution in [0.4, 0.5) is 5.69 Å². The zero-order valence-corrected chi connectivity index (χ0v) is 15.1. The van der Waals surface area contributed by atoms with Gasteiger partial charge in [0.2, 0.25) is 0 Å². The van der Waals surface area contributed by atoms with E-state index in [-0.39, 0.29) is 27.8 Å². The van der Waals surface area contributed by atoms with Crippen LogP contribution in [-0.4, -0.2) is 27.0 Å². The lowest BCUT2D eigenvalue weighted by Gasteiger charge is -2.28. The topological polar surface area (TPSA) is 56.2 Å². The van der Waals surface area contributed by atoms with Gasteiger partial charge >= 0.3 is 0 Å². The summed E-state index contributed by atoms with van der Waals surface area (Å²) in [7, 11) is 0. The van der Waals surface area contributed by atoms with Gasteiger partial charge in [0.15, 0.2) is 0 Å². The molecule has 0 spiro atoms. The molecule has 24 heavy (non-hydrogen) atoms. The number of halogens is 1. The quantitative estimate of drug-likeness (QED) is 0.920. The third kappa shape index (κ3) is 3.19. The number of ether oxygens (including phenoxy) is 1. The van der Waals surface area contributed by atoms with Gasteiger partial charge in [-0.2, -0.15) is 9.78 Å². The normalized spacial score (nSPS) is 21.6. The van der Waals surface area contributed by atoms with Crippen molar-refractivity contribution in [3.05, 3.63) is 51.9 Å². The standard InChI is InChI=1S/C18H22ClN3O2/c1-17(2)10-14(18(3,4)24-17)21-13-11-20-22(16(23)15(13)19)12-8-6-5-7-9-12/h5-9,11,14,21H,10H2,1-4H3. The number of para-hydroxylation sites is 1. The van der Waals surface area contributed by atoms with Gasteiger partial charge < -0.3 is 10.1 Å². The molecule has 1 atom stereocenters. The molecule has 0 aliphatic carbocycles. The predicted molar refractivity (Wildman–Crippen MR) is 96.1 cm³/mol. The van der Waals surface area contributed by atoms with Gasteiger partial charge in [0, 0.05) is 0 Å². The summed E-state index contributed by atoms with van der Waals surface area (Å²) in [5.41, 5.74) is 0.292. The van der Waals surface area contributed by atoms with Crippen LogP contribution in [0.25, 0.3) is 5.69 Å². The van der Waals surface area contributed by atoms with E-state index in [1.165, 1.54) is 4.68 Å². The molecule has 0 radical (unpaired) electrons. The van der Waals surface area contributed by atoms with Crippen molar-refractivity contribution >= 4 is 17.3 Å². The highest BCUT2D eigenvalue weighted by Gasteiger charge is 2.46. The van der Waals surface area contributed by atoms with E-state index >= 15 is 0 Å². The Morgan fingerprint density at radius 1 is 1.25 bits per heavy atom. The fourth-order valence-corrected chi connectivity index (χ4v) is 3.44. The molecule has 1 unspecified atom stereocenters. The largest absolute Gasteiger partial charge is 0.377 e. The lowest BCUT2D eigenvalue weighted by molar-refractivity contribution is -0.0662. The summed E-state index contributed by atoms with van der Waals surface area (Å²) in [6.45, 7) is 8.19. The molecule has 0 saturated carbocycles. The van der Waals surface area contributed by atoms with Crippen LogP contribution in [0, 0.1) is 0 Å². The summed E-state index contributed by atoms with van der Waals surface area (Å²) in [6.07, 6.45) is 2.41. The summed E-state index contributed by atoms with van der Waals surface area (Å²) < 4.78 is 7.37. The zero-order valence-electron chi connectivity index (χ0n) is 14.3. The average Bonchev–Trinajstić information content (AvgIpc) is 2.72. The number of hydrogen-bond donors (Lipinski definition) is 1. The number of benzene rings is 1. The van der Waals surface area contributed by atoms with E-state index in [2.05, 4.69) is 24.3 Å². The summed E-state index contributed by atoms with van der Waals surface area (Å²) in [4.78, 5) is 12.5. The van der Waals surface area contributed by atoms with Crippen molar-refractivity contribution in [2.24, 2.45) is 0 Å². The van der Waals surface area contributed by atoms with Crippen molar-refractivity contribution in [1.29, 1.82) is 0 Å². The van der Waals surface area contributed by atoms with Gasteiger partial charge in [0.25, 0.3) is 5.56 Å². The summed E-state index contributed by atoms with van der Waals surface area (Å²) in [5, 5.41) is 7.73. The molecule has 2 heterocycles. The Morgan fingerprint density at radius 3 is 2.50 bits per heavy atom. The Balaban J connectivity index is 1.91. The van der Waals surface area contributed by atoms with E-state index in [0.717, 1.165) is 6.42 Å². The number of aromatic nitrogens is 2. The summed E-state index contributed by atoms with van der Waals surface area (Å²) in [5.74, 6) is 0.